The van der Waals surface area contributed by atoms with Gasteiger partial charge in [-0.05, 0) is 25.0 Å². The zero-order chi connectivity index (χ0) is 15.5. The van der Waals surface area contributed by atoms with E-state index in [9.17, 15) is 22.8 Å². The van der Waals surface area contributed by atoms with Crippen molar-refractivity contribution in [2.45, 2.75) is 19.0 Å². The lowest BCUT2D eigenvalue weighted by Gasteiger charge is -2.15. The number of amides is 2. The number of likely N-dealkylation sites (tertiary alicyclic amines) is 1. The molecule has 0 bridgehead atoms. The van der Waals surface area contributed by atoms with Gasteiger partial charge >= 0.3 is 6.18 Å². The summed E-state index contributed by atoms with van der Waals surface area (Å²) in [5.41, 5.74) is -1.08. The molecule has 2 rings (SSSR count). The third kappa shape index (κ3) is 3.93. The van der Waals surface area contributed by atoms with Crippen molar-refractivity contribution in [3.05, 3.63) is 29.6 Å². The van der Waals surface area contributed by atoms with Gasteiger partial charge in [0.1, 0.15) is 5.69 Å². The fourth-order valence-corrected chi connectivity index (χ4v) is 2.03. The second kappa shape index (κ2) is 6.11. The van der Waals surface area contributed by atoms with Gasteiger partial charge in [-0.3, -0.25) is 14.6 Å². The van der Waals surface area contributed by atoms with Crippen molar-refractivity contribution in [3.8, 4) is 0 Å². The minimum Gasteiger partial charge on any atom is -0.343 e. The lowest BCUT2D eigenvalue weighted by atomic mass is 10.2. The Morgan fingerprint density at radius 3 is 2.43 bits per heavy atom. The van der Waals surface area contributed by atoms with Crippen LogP contribution in [0.15, 0.2) is 18.3 Å². The summed E-state index contributed by atoms with van der Waals surface area (Å²) in [6.45, 7) is 1.19. The monoisotopic (exact) mass is 301 g/mol. The zero-order valence-electron chi connectivity index (χ0n) is 11.1. The maximum Gasteiger partial charge on any atom is 0.433 e. The van der Waals surface area contributed by atoms with Crippen LogP contribution in [0, 0.1) is 0 Å². The molecule has 2 heterocycles. The number of hydrogen-bond donors (Lipinski definition) is 1. The molecule has 5 nitrogen and oxygen atoms in total. The first-order chi connectivity index (χ1) is 9.88. The Labute approximate surface area is 119 Å². The molecule has 0 aliphatic carbocycles. The van der Waals surface area contributed by atoms with Gasteiger partial charge in [0.25, 0.3) is 5.91 Å². The van der Waals surface area contributed by atoms with Gasteiger partial charge < -0.3 is 10.2 Å². The molecule has 1 aromatic heterocycles. The predicted octanol–water partition coefficient (Wildman–Crippen LogP) is 1.45. The van der Waals surface area contributed by atoms with Crippen molar-refractivity contribution >= 4 is 11.8 Å². The van der Waals surface area contributed by atoms with E-state index in [1.807, 2.05) is 0 Å². The molecule has 1 aliphatic heterocycles. The number of carbonyl (C=O) groups excluding carboxylic acids is 2. The first-order valence-electron chi connectivity index (χ1n) is 6.47. The van der Waals surface area contributed by atoms with Crippen molar-refractivity contribution in [2.24, 2.45) is 0 Å². The maximum atomic E-state index is 12.3. The first kappa shape index (κ1) is 15.3. The number of alkyl halides is 3. The third-order valence-corrected chi connectivity index (χ3v) is 3.18. The van der Waals surface area contributed by atoms with Crippen LogP contribution < -0.4 is 5.32 Å². The Kier molecular flexibility index (Phi) is 4.44. The largest absolute Gasteiger partial charge is 0.433 e. The maximum absolute atomic E-state index is 12.3. The molecular weight excluding hydrogens is 287 g/mol. The van der Waals surface area contributed by atoms with E-state index in [-0.39, 0.29) is 18.0 Å². The summed E-state index contributed by atoms with van der Waals surface area (Å²) in [6.07, 6.45) is -1.80. The van der Waals surface area contributed by atoms with Gasteiger partial charge in [-0.25, -0.2) is 0 Å². The quantitative estimate of drug-likeness (QED) is 0.919. The molecule has 0 unspecified atom stereocenters. The second-order valence-corrected chi connectivity index (χ2v) is 4.70. The highest BCUT2D eigenvalue weighted by atomic mass is 19.4. The van der Waals surface area contributed by atoms with Crippen LogP contribution in [0.2, 0.25) is 0 Å². The first-order valence-corrected chi connectivity index (χ1v) is 6.47. The smallest absolute Gasteiger partial charge is 0.343 e. The van der Waals surface area contributed by atoms with Gasteiger partial charge in [0.15, 0.2) is 0 Å². The molecule has 0 saturated carbocycles. The molecule has 0 atom stereocenters. The number of carbonyl (C=O) groups is 2. The average Bonchev–Trinajstić information content (AvgIpc) is 2.98. The Balaban J connectivity index is 1.89. The lowest BCUT2D eigenvalue weighted by molar-refractivity contribution is -0.141. The van der Waals surface area contributed by atoms with Crippen molar-refractivity contribution in [1.29, 1.82) is 0 Å². The average molecular weight is 301 g/mol. The molecule has 8 heteroatoms. The van der Waals surface area contributed by atoms with Crippen LogP contribution >= 0.6 is 0 Å². The summed E-state index contributed by atoms with van der Waals surface area (Å²) in [6, 6.07) is 1.77. The lowest BCUT2D eigenvalue weighted by Crippen LogP contribution is -2.38. The van der Waals surface area contributed by atoms with E-state index < -0.39 is 17.8 Å². The number of halogens is 3. The molecular formula is C13H14F3N3O2. The summed E-state index contributed by atoms with van der Waals surface area (Å²) in [4.78, 5) is 28.3. The number of pyridine rings is 1. The minimum atomic E-state index is -4.54. The van der Waals surface area contributed by atoms with Gasteiger partial charge in [-0.1, -0.05) is 0 Å². The number of nitrogens with one attached hydrogen (secondary N) is 1. The molecule has 1 aliphatic rings. The molecule has 1 N–H and O–H groups in total. The van der Waals surface area contributed by atoms with Crippen LogP contribution in [-0.4, -0.2) is 41.3 Å². The van der Waals surface area contributed by atoms with Gasteiger partial charge in [0.05, 0.1) is 12.1 Å². The Morgan fingerprint density at radius 2 is 1.90 bits per heavy atom. The summed E-state index contributed by atoms with van der Waals surface area (Å²) in [5, 5.41) is 2.38. The fraction of sp³-hybridized carbons (Fsp3) is 0.462. The molecule has 114 valence electrons. The van der Waals surface area contributed by atoms with E-state index in [0.717, 1.165) is 31.2 Å². The summed E-state index contributed by atoms with van der Waals surface area (Å²) >= 11 is 0. The van der Waals surface area contributed by atoms with E-state index >= 15 is 0 Å². The predicted molar refractivity (Wildman–Crippen MR) is 67.4 cm³/mol. The van der Waals surface area contributed by atoms with Gasteiger partial charge in [0.2, 0.25) is 5.91 Å². The van der Waals surface area contributed by atoms with Gasteiger partial charge in [-0.2, -0.15) is 13.2 Å². The molecule has 0 radical (unpaired) electrons. The van der Waals surface area contributed by atoms with E-state index in [4.69, 9.17) is 0 Å². The van der Waals surface area contributed by atoms with Crippen LogP contribution in [-0.2, 0) is 11.0 Å². The highest BCUT2D eigenvalue weighted by Crippen LogP contribution is 2.27. The van der Waals surface area contributed by atoms with Crippen molar-refractivity contribution < 1.29 is 22.8 Å². The third-order valence-electron chi connectivity index (χ3n) is 3.18. The summed E-state index contributed by atoms with van der Waals surface area (Å²) in [5.74, 6) is -0.815. The summed E-state index contributed by atoms with van der Waals surface area (Å²) < 4.78 is 37.0. The van der Waals surface area contributed by atoms with Crippen LogP contribution in [0.1, 0.15) is 28.9 Å². The Bertz CT molecular complexity index is 522. The number of rotatable bonds is 3. The topological polar surface area (TPSA) is 62.3 Å². The van der Waals surface area contributed by atoms with Gasteiger partial charge in [0, 0.05) is 19.3 Å². The highest BCUT2D eigenvalue weighted by molar-refractivity contribution is 5.96. The van der Waals surface area contributed by atoms with Crippen molar-refractivity contribution in [2.75, 3.05) is 19.6 Å². The standard InChI is InChI=1S/C13H14F3N3O2/c14-13(15,16)10-4-3-9(7-17-10)12(21)18-8-11(20)19-5-1-2-6-19/h3-4,7H,1-2,5-6,8H2,(H,18,21). The molecule has 1 aromatic rings. The van der Waals surface area contributed by atoms with Crippen LogP contribution in [0.3, 0.4) is 0 Å². The molecule has 0 spiro atoms. The number of hydrogen-bond acceptors (Lipinski definition) is 3. The van der Waals surface area contributed by atoms with E-state index in [2.05, 4.69) is 10.3 Å². The molecule has 2 amide bonds. The molecule has 1 fully saturated rings. The SMILES string of the molecule is O=C(NCC(=O)N1CCCC1)c1ccc(C(F)(F)F)nc1. The van der Waals surface area contributed by atoms with Gasteiger partial charge in [-0.15, -0.1) is 0 Å². The van der Waals surface area contributed by atoms with E-state index in [0.29, 0.717) is 13.1 Å². The molecule has 1 saturated heterocycles. The Hall–Kier alpha value is -2.12. The summed E-state index contributed by atoms with van der Waals surface area (Å²) in [7, 11) is 0. The fourth-order valence-electron chi connectivity index (χ4n) is 2.03. The minimum absolute atomic E-state index is 0.0165. The Morgan fingerprint density at radius 1 is 1.24 bits per heavy atom. The normalized spacial score (nSPS) is 15.1. The van der Waals surface area contributed by atoms with Crippen LogP contribution in [0.4, 0.5) is 13.2 Å². The number of nitrogens with zero attached hydrogens (tertiary/aromatic N) is 2. The van der Waals surface area contributed by atoms with E-state index in [1.165, 1.54) is 0 Å². The zero-order valence-corrected chi connectivity index (χ0v) is 11.1. The van der Waals surface area contributed by atoms with Crippen molar-refractivity contribution in [1.82, 2.24) is 15.2 Å². The van der Waals surface area contributed by atoms with Crippen LogP contribution in [0.25, 0.3) is 0 Å². The van der Waals surface area contributed by atoms with E-state index in [1.54, 1.807) is 4.90 Å². The molecule has 0 aromatic carbocycles. The second-order valence-electron chi connectivity index (χ2n) is 4.70. The molecule has 21 heavy (non-hydrogen) atoms. The van der Waals surface area contributed by atoms with Crippen molar-refractivity contribution in [3.63, 3.8) is 0 Å². The number of aromatic nitrogens is 1. The van der Waals surface area contributed by atoms with Crippen LogP contribution in [0.5, 0.6) is 0 Å². The highest BCUT2D eigenvalue weighted by Gasteiger charge is 2.32.